The number of carbonyl (C=O) groups is 1. The third-order valence-electron chi connectivity index (χ3n) is 3.68. The molecule has 1 heterocycles. The Morgan fingerprint density at radius 1 is 1.25 bits per heavy atom. The summed E-state index contributed by atoms with van der Waals surface area (Å²) in [7, 11) is 1.32. The molecule has 0 spiro atoms. The molecule has 0 N–H and O–H groups in total. The lowest BCUT2D eigenvalue weighted by Crippen LogP contribution is -2.08. The highest BCUT2D eigenvalue weighted by molar-refractivity contribution is 5.92. The Balaban J connectivity index is 2.21. The number of ether oxygens (including phenoxy) is 2. The van der Waals surface area contributed by atoms with Crippen molar-refractivity contribution < 1.29 is 18.7 Å². The van der Waals surface area contributed by atoms with Gasteiger partial charge in [0.25, 0.3) is 0 Å². The number of para-hydroxylation sites is 1. The fourth-order valence-corrected chi connectivity index (χ4v) is 2.53. The van der Waals surface area contributed by atoms with E-state index in [2.05, 4.69) is 6.58 Å². The molecule has 0 unspecified atom stereocenters. The van der Waals surface area contributed by atoms with Gasteiger partial charge in [0.15, 0.2) is 0 Å². The van der Waals surface area contributed by atoms with Crippen molar-refractivity contribution in [3.63, 3.8) is 0 Å². The largest absolute Gasteiger partial charge is 0.489 e. The van der Waals surface area contributed by atoms with Crippen LogP contribution in [0.15, 0.2) is 58.3 Å². The molecule has 3 aromatic rings. The van der Waals surface area contributed by atoms with Gasteiger partial charge in [-0.2, -0.15) is 0 Å². The second-order valence-corrected chi connectivity index (χ2v) is 5.24. The number of hydrogen-bond donors (Lipinski definition) is 0. The second kappa shape index (κ2) is 6.58. The van der Waals surface area contributed by atoms with Gasteiger partial charge in [0.2, 0.25) is 5.43 Å². The van der Waals surface area contributed by atoms with Crippen molar-refractivity contribution >= 4 is 27.9 Å². The normalized spacial score (nSPS) is 10.7. The van der Waals surface area contributed by atoms with Crippen LogP contribution in [0.1, 0.15) is 5.56 Å². The molecule has 0 aliphatic heterocycles. The molecule has 0 atom stereocenters. The summed E-state index contributed by atoms with van der Waals surface area (Å²) in [6.45, 7) is 3.96. The number of hydrogen-bond acceptors (Lipinski definition) is 5. The Morgan fingerprint density at radius 2 is 2.08 bits per heavy atom. The third-order valence-corrected chi connectivity index (χ3v) is 3.68. The molecule has 1 aromatic heterocycles. The van der Waals surface area contributed by atoms with Crippen LogP contribution in [0.2, 0.25) is 0 Å². The minimum absolute atomic E-state index is 0.0366. The van der Waals surface area contributed by atoms with Crippen LogP contribution >= 0.6 is 0 Å². The molecule has 5 heteroatoms. The van der Waals surface area contributed by atoms with Crippen LogP contribution in [-0.4, -0.2) is 19.7 Å². The fourth-order valence-electron chi connectivity index (χ4n) is 2.53. The molecule has 24 heavy (non-hydrogen) atoms. The monoisotopic (exact) mass is 324 g/mol. The molecule has 3 rings (SSSR count). The summed E-state index contributed by atoms with van der Waals surface area (Å²) < 4.78 is 16.1. The van der Waals surface area contributed by atoms with Gasteiger partial charge in [0.05, 0.1) is 24.3 Å². The summed E-state index contributed by atoms with van der Waals surface area (Å²) in [5.41, 5.74) is 1.26. The smallest absolute Gasteiger partial charge is 0.310 e. The summed E-state index contributed by atoms with van der Waals surface area (Å²) >= 11 is 0. The molecule has 0 radical (unpaired) electrons. The van der Waals surface area contributed by atoms with Gasteiger partial charge in [-0.15, -0.1) is 0 Å². The quantitative estimate of drug-likeness (QED) is 0.409. The average molecular weight is 324 g/mol. The van der Waals surface area contributed by atoms with Crippen molar-refractivity contribution in [3.8, 4) is 5.75 Å². The van der Waals surface area contributed by atoms with Crippen LogP contribution in [0.4, 0.5) is 0 Å². The molecule has 0 saturated heterocycles. The Hall–Kier alpha value is -3.08. The lowest BCUT2D eigenvalue weighted by molar-refractivity contribution is -0.139. The van der Waals surface area contributed by atoms with Crippen LogP contribution in [0.5, 0.6) is 5.75 Å². The van der Waals surface area contributed by atoms with Gasteiger partial charge >= 0.3 is 5.97 Å². The maximum Gasteiger partial charge on any atom is 0.310 e. The maximum atomic E-state index is 12.7. The van der Waals surface area contributed by atoms with E-state index < -0.39 is 5.97 Å². The van der Waals surface area contributed by atoms with Crippen LogP contribution < -0.4 is 10.2 Å². The SMILES string of the molecule is C=CCOc1ccc2c(=O)c3cccc(CC(=O)OC)c3oc2c1. The first-order valence-corrected chi connectivity index (χ1v) is 7.43. The van der Waals surface area contributed by atoms with Crippen molar-refractivity contribution in [1.82, 2.24) is 0 Å². The molecule has 0 fully saturated rings. The molecule has 0 amide bonds. The van der Waals surface area contributed by atoms with E-state index in [1.54, 1.807) is 42.5 Å². The zero-order valence-corrected chi connectivity index (χ0v) is 13.2. The highest BCUT2D eigenvalue weighted by atomic mass is 16.5. The van der Waals surface area contributed by atoms with Gasteiger partial charge in [0, 0.05) is 11.6 Å². The van der Waals surface area contributed by atoms with Gasteiger partial charge in [-0.25, -0.2) is 0 Å². The van der Waals surface area contributed by atoms with Gasteiger partial charge in [-0.05, 0) is 18.2 Å². The zero-order chi connectivity index (χ0) is 17.1. The van der Waals surface area contributed by atoms with E-state index in [0.717, 1.165) is 0 Å². The summed E-state index contributed by atoms with van der Waals surface area (Å²) in [5.74, 6) is 0.184. The first-order chi connectivity index (χ1) is 11.6. The minimum Gasteiger partial charge on any atom is -0.489 e. The number of rotatable bonds is 5. The van der Waals surface area contributed by atoms with E-state index in [0.29, 0.717) is 39.9 Å². The van der Waals surface area contributed by atoms with Crippen molar-refractivity contribution in [2.45, 2.75) is 6.42 Å². The van der Waals surface area contributed by atoms with E-state index in [-0.39, 0.29) is 11.8 Å². The predicted molar refractivity (Wildman–Crippen MR) is 91.4 cm³/mol. The molecule has 122 valence electrons. The molecular formula is C19H16O5. The van der Waals surface area contributed by atoms with Crippen molar-refractivity contribution in [2.75, 3.05) is 13.7 Å². The number of fused-ring (bicyclic) bond motifs is 2. The van der Waals surface area contributed by atoms with E-state index in [1.165, 1.54) is 7.11 Å². The number of methoxy groups -OCH3 is 1. The molecule has 2 aromatic carbocycles. The molecule has 5 nitrogen and oxygen atoms in total. The molecule has 0 aliphatic rings. The number of benzene rings is 2. The van der Waals surface area contributed by atoms with E-state index in [4.69, 9.17) is 13.9 Å². The van der Waals surface area contributed by atoms with E-state index >= 15 is 0 Å². The Labute approximate surface area is 138 Å². The number of esters is 1. The molecule has 0 bridgehead atoms. The third kappa shape index (κ3) is 2.88. The minimum atomic E-state index is -0.395. The van der Waals surface area contributed by atoms with Gasteiger partial charge < -0.3 is 13.9 Å². The highest BCUT2D eigenvalue weighted by Gasteiger charge is 2.14. The average Bonchev–Trinajstić information content (AvgIpc) is 2.60. The maximum absolute atomic E-state index is 12.7. The fraction of sp³-hybridized carbons (Fsp3) is 0.158. The summed E-state index contributed by atoms with van der Waals surface area (Å²) in [4.78, 5) is 24.3. The Morgan fingerprint density at radius 3 is 2.83 bits per heavy atom. The standard InChI is InChI=1S/C19H16O5/c1-3-9-23-13-7-8-14-16(11-13)24-19-12(10-17(20)22-2)5-4-6-15(19)18(14)21/h3-8,11H,1,9-10H2,2H3. The van der Waals surface area contributed by atoms with Crippen molar-refractivity contribution in [2.24, 2.45) is 0 Å². The van der Waals surface area contributed by atoms with E-state index in [9.17, 15) is 9.59 Å². The summed E-state index contributed by atoms with van der Waals surface area (Å²) in [6.07, 6.45) is 1.67. The Bertz CT molecular complexity index is 984. The van der Waals surface area contributed by atoms with Crippen LogP contribution in [0.3, 0.4) is 0 Å². The summed E-state index contributed by atoms with van der Waals surface area (Å²) in [6, 6.07) is 10.2. The molecular weight excluding hydrogens is 308 g/mol. The van der Waals surface area contributed by atoms with Crippen LogP contribution in [0, 0.1) is 0 Å². The molecule has 0 saturated carbocycles. The predicted octanol–water partition coefficient (Wildman–Crippen LogP) is 3.23. The zero-order valence-electron chi connectivity index (χ0n) is 13.2. The second-order valence-electron chi connectivity index (χ2n) is 5.24. The molecule has 0 aliphatic carbocycles. The topological polar surface area (TPSA) is 65.7 Å². The van der Waals surface area contributed by atoms with E-state index in [1.807, 2.05) is 0 Å². The Kier molecular flexibility index (Phi) is 4.33. The van der Waals surface area contributed by atoms with Crippen molar-refractivity contribution in [1.29, 1.82) is 0 Å². The highest BCUT2D eigenvalue weighted by Crippen LogP contribution is 2.25. The van der Waals surface area contributed by atoms with Gasteiger partial charge in [-0.1, -0.05) is 24.8 Å². The van der Waals surface area contributed by atoms with Gasteiger partial charge in [-0.3, -0.25) is 9.59 Å². The van der Waals surface area contributed by atoms with Crippen LogP contribution in [-0.2, 0) is 16.0 Å². The van der Waals surface area contributed by atoms with Gasteiger partial charge in [0.1, 0.15) is 23.5 Å². The first kappa shape index (κ1) is 15.8. The van der Waals surface area contributed by atoms with Crippen LogP contribution in [0.25, 0.3) is 21.9 Å². The number of carbonyl (C=O) groups excluding carboxylic acids is 1. The first-order valence-electron chi connectivity index (χ1n) is 7.43. The lowest BCUT2D eigenvalue weighted by atomic mass is 10.1. The summed E-state index contributed by atoms with van der Waals surface area (Å²) in [5, 5.41) is 0.896. The van der Waals surface area contributed by atoms with Crippen molar-refractivity contribution in [3.05, 3.63) is 64.8 Å². The lowest BCUT2D eigenvalue weighted by Gasteiger charge is -2.08.